The van der Waals surface area contributed by atoms with E-state index in [9.17, 15) is 0 Å². The minimum Gasteiger partial charge on any atom is -0.0958 e. The maximum Gasteiger partial charge on any atom is 0.0405 e. The third kappa shape index (κ3) is 4.39. The lowest BCUT2D eigenvalue weighted by Crippen LogP contribution is -1.70. The summed E-state index contributed by atoms with van der Waals surface area (Å²) >= 11 is 5.77. The van der Waals surface area contributed by atoms with Gasteiger partial charge in [0.25, 0.3) is 0 Å². The van der Waals surface area contributed by atoms with E-state index in [4.69, 9.17) is 11.6 Å². The van der Waals surface area contributed by atoms with Gasteiger partial charge in [0.05, 0.1) is 0 Å². The number of rotatable bonds is 3. The predicted molar refractivity (Wildman–Crippen MR) is 48.2 cm³/mol. The second-order valence-corrected chi connectivity index (χ2v) is 2.48. The summed E-state index contributed by atoms with van der Waals surface area (Å²) in [5, 5.41) is 0.745. The molecule has 0 aromatic rings. The monoisotopic (exact) mass is 156 g/mol. The molecule has 0 aliphatic rings. The molecular formula is C9H13Cl. The molecule has 0 atom stereocenters. The standard InChI is InChI=1S/C9H13Cl/c1-4-6-9(10)7-8(3)5-2/h4,6-7H,3,5H2,1-2H3/b6-4-,9-7+. The number of hydrogen-bond donors (Lipinski definition) is 0. The van der Waals surface area contributed by atoms with Gasteiger partial charge >= 0.3 is 0 Å². The molecule has 0 aliphatic heterocycles. The molecule has 0 radical (unpaired) electrons. The molecule has 0 N–H and O–H groups in total. The van der Waals surface area contributed by atoms with Crippen molar-refractivity contribution in [2.75, 3.05) is 0 Å². The number of halogens is 1. The molecule has 0 spiro atoms. The molecular weight excluding hydrogens is 144 g/mol. The molecule has 0 heterocycles. The number of allylic oxidation sites excluding steroid dienone is 5. The zero-order valence-electron chi connectivity index (χ0n) is 6.52. The first-order valence-electron chi connectivity index (χ1n) is 3.38. The zero-order valence-corrected chi connectivity index (χ0v) is 7.28. The average Bonchev–Trinajstić information content (AvgIpc) is 1.88. The van der Waals surface area contributed by atoms with E-state index in [2.05, 4.69) is 13.5 Å². The van der Waals surface area contributed by atoms with Gasteiger partial charge in [0.1, 0.15) is 0 Å². The van der Waals surface area contributed by atoms with Crippen LogP contribution >= 0.6 is 11.6 Å². The van der Waals surface area contributed by atoms with E-state index in [-0.39, 0.29) is 0 Å². The Bertz CT molecular complexity index is 164. The Balaban J connectivity index is 4.02. The first kappa shape index (κ1) is 9.51. The SMILES string of the molecule is C=C(/C=C(Cl)\C=C/C)CC. The average molecular weight is 157 g/mol. The fourth-order valence-corrected chi connectivity index (χ4v) is 0.785. The maximum absolute atomic E-state index is 5.77. The van der Waals surface area contributed by atoms with E-state index in [1.54, 1.807) is 0 Å². The highest BCUT2D eigenvalue weighted by atomic mass is 35.5. The van der Waals surface area contributed by atoms with Crippen LogP contribution in [-0.4, -0.2) is 0 Å². The summed E-state index contributed by atoms with van der Waals surface area (Å²) in [6.45, 7) is 7.79. The minimum atomic E-state index is 0.745. The van der Waals surface area contributed by atoms with Crippen LogP contribution in [0.2, 0.25) is 0 Å². The van der Waals surface area contributed by atoms with Gasteiger partial charge in [0, 0.05) is 5.03 Å². The van der Waals surface area contributed by atoms with Crippen LogP contribution in [0.25, 0.3) is 0 Å². The molecule has 0 aromatic heterocycles. The Morgan fingerprint density at radius 3 is 2.60 bits per heavy atom. The molecule has 0 nitrogen and oxygen atoms in total. The molecule has 56 valence electrons. The fourth-order valence-electron chi connectivity index (χ4n) is 0.504. The second kappa shape index (κ2) is 5.31. The first-order chi connectivity index (χ1) is 4.70. The van der Waals surface area contributed by atoms with Crippen LogP contribution in [-0.2, 0) is 0 Å². The van der Waals surface area contributed by atoms with E-state index in [1.807, 2.05) is 25.2 Å². The van der Waals surface area contributed by atoms with Gasteiger partial charge in [0.2, 0.25) is 0 Å². The largest absolute Gasteiger partial charge is 0.0958 e. The number of hydrogen-bond acceptors (Lipinski definition) is 0. The topological polar surface area (TPSA) is 0 Å². The van der Waals surface area contributed by atoms with Crippen LogP contribution < -0.4 is 0 Å². The highest BCUT2D eigenvalue weighted by Crippen LogP contribution is 2.08. The highest BCUT2D eigenvalue weighted by Gasteiger charge is 1.85. The third-order valence-corrected chi connectivity index (χ3v) is 1.36. The molecule has 0 aromatic carbocycles. The maximum atomic E-state index is 5.77. The van der Waals surface area contributed by atoms with Gasteiger partial charge in [-0.2, -0.15) is 0 Å². The van der Waals surface area contributed by atoms with Crippen molar-refractivity contribution >= 4 is 11.6 Å². The Kier molecular flexibility index (Phi) is 5.05. The van der Waals surface area contributed by atoms with Crippen LogP contribution in [0.15, 0.2) is 35.4 Å². The van der Waals surface area contributed by atoms with Crippen molar-refractivity contribution < 1.29 is 0 Å². The lowest BCUT2D eigenvalue weighted by Gasteiger charge is -1.91. The van der Waals surface area contributed by atoms with Crippen LogP contribution in [0.1, 0.15) is 20.3 Å². The van der Waals surface area contributed by atoms with Gasteiger partial charge in [-0.1, -0.05) is 36.8 Å². The Morgan fingerprint density at radius 2 is 2.20 bits per heavy atom. The Labute approximate surface area is 67.9 Å². The summed E-state index contributed by atoms with van der Waals surface area (Å²) in [5.74, 6) is 0. The van der Waals surface area contributed by atoms with Gasteiger partial charge in [-0.25, -0.2) is 0 Å². The van der Waals surface area contributed by atoms with Gasteiger partial charge in [-0.3, -0.25) is 0 Å². The first-order valence-corrected chi connectivity index (χ1v) is 3.76. The lowest BCUT2D eigenvalue weighted by molar-refractivity contribution is 1.16. The Morgan fingerprint density at radius 1 is 1.60 bits per heavy atom. The van der Waals surface area contributed by atoms with Crippen molar-refractivity contribution in [2.45, 2.75) is 20.3 Å². The molecule has 0 saturated heterocycles. The zero-order chi connectivity index (χ0) is 7.98. The smallest absolute Gasteiger partial charge is 0.0405 e. The highest BCUT2D eigenvalue weighted by molar-refractivity contribution is 6.31. The van der Waals surface area contributed by atoms with E-state index >= 15 is 0 Å². The molecule has 1 heteroatoms. The van der Waals surface area contributed by atoms with Gasteiger partial charge in [0.15, 0.2) is 0 Å². The molecule has 0 unspecified atom stereocenters. The van der Waals surface area contributed by atoms with Crippen molar-refractivity contribution in [1.29, 1.82) is 0 Å². The van der Waals surface area contributed by atoms with E-state index in [1.165, 1.54) is 0 Å². The van der Waals surface area contributed by atoms with Crippen LogP contribution in [0.4, 0.5) is 0 Å². The van der Waals surface area contributed by atoms with Crippen molar-refractivity contribution in [3.8, 4) is 0 Å². The van der Waals surface area contributed by atoms with E-state index < -0.39 is 0 Å². The summed E-state index contributed by atoms with van der Waals surface area (Å²) in [4.78, 5) is 0. The van der Waals surface area contributed by atoms with Gasteiger partial charge in [-0.15, -0.1) is 0 Å². The van der Waals surface area contributed by atoms with Crippen LogP contribution in [0.5, 0.6) is 0 Å². The molecule has 10 heavy (non-hydrogen) atoms. The Hall–Kier alpha value is -0.490. The summed E-state index contributed by atoms with van der Waals surface area (Å²) in [6.07, 6.45) is 6.58. The van der Waals surface area contributed by atoms with Crippen LogP contribution in [0, 0.1) is 0 Å². The predicted octanol–water partition coefficient (Wildman–Crippen LogP) is 3.65. The van der Waals surface area contributed by atoms with E-state index in [0.717, 1.165) is 17.0 Å². The molecule has 0 amide bonds. The molecule has 0 rings (SSSR count). The van der Waals surface area contributed by atoms with Gasteiger partial charge < -0.3 is 0 Å². The van der Waals surface area contributed by atoms with Gasteiger partial charge in [-0.05, 0) is 25.5 Å². The fraction of sp³-hybridized carbons (Fsp3) is 0.333. The molecule has 0 aliphatic carbocycles. The quantitative estimate of drug-likeness (QED) is 0.548. The summed E-state index contributed by atoms with van der Waals surface area (Å²) in [5.41, 5.74) is 1.06. The molecule has 0 fully saturated rings. The summed E-state index contributed by atoms with van der Waals surface area (Å²) < 4.78 is 0. The van der Waals surface area contributed by atoms with Crippen molar-refractivity contribution in [3.63, 3.8) is 0 Å². The van der Waals surface area contributed by atoms with Crippen LogP contribution in [0.3, 0.4) is 0 Å². The minimum absolute atomic E-state index is 0.745. The molecule has 0 saturated carbocycles. The van der Waals surface area contributed by atoms with Crippen molar-refractivity contribution in [3.05, 3.63) is 35.4 Å². The second-order valence-electron chi connectivity index (χ2n) is 2.04. The summed E-state index contributed by atoms with van der Waals surface area (Å²) in [7, 11) is 0. The third-order valence-electron chi connectivity index (χ3n) is 1.12. The van der Waals surface area contributed by atoms with Crippen molar-refractivity contribution in [2.24, 2.45) is 0 Å². The van der Waals surface area contributed by atoms with Crippen molar-refractivity contribution in [1.82, 2.24) is 0 Å². The van der Waals surface area contributed by atoms with E-state index in [0.29, 0.717) is 0 Å². The lowest BCUT2D eigenvalue weighted by atomic mass is 10.2. The molecule has 0 bridgehead atoms. The summed E-state index contributed by atoms with van der Waals surface area (Å²) in [6, 6.07) is 0. The normalized spacial score (nSPS) is 12.5.